The maximum atomic E-state index is 13.0. The third kappa shape index (κ3) is 5.81. The fourth-order valence-electron chi connectivity index (χ4n) is 2.87. The van der Waals surface area contributed by atoms with Crippen molar-refractivity contribution >= 4 is 5.95 Å². The Bertz CT molecular complexity index is 1150. The number of nitrogens with one attached hydrogen (secondary N) is 1. The van der Waals surface area contributed by atoms with E-state index in [0.717, 1.165) is 17.7 Å². The molecule has 0 saturated carbocycles. The zero-order chi connectivity index (χ0) is 22.4. The van der Waals surface area contributed by atoms with Crippen molar-refractivity contribution in [1.29, 1.82) is 0 Å². The second-order valence-electron chi connectivity index (χ2n) is 6.81. The number of hydrogen-bond donors (Lipinski definition) is 1. The molecule has 32 heavy (non-hydrogen) atoms. The molecule has 0 radical (unpaired) electrons. The first kappa shape index (κ1) is 21.3. The standard InChI is InChI=1S/C22H18F3N5O2/c23-22(24,25)17-4-1-3-16(11-17)12-19-28-20(27-13-18-5-2-10-31-18)30-21(29-19)32-14-15-6-8-26-9-7-15/h1-11H,12-14H2,(H,27,28,29,30). The van der Waals surface area contributed by atoms with Gasteiger partial charge in [0.2, 0.25) is 5.95 Å². The molecule has 10 heteroatoms. The van der Waals surface area contributed by atoms with Crippen molar-refractivity contribution in [2.45, 2.75) is 25.7 Å². The van der Waals surface area contributed by atoms with Gasteiger partial charge in [0.05, 0.1) is 18.4 Å². The number of benzene rings is 1. The van der Waals surface area contributed by atoms with Crippen LogP contribution in [-0.2, 0) is 25.7 Å². The Labute approximate surface area is 181 Å². The number of hydrogen-bond acceptors (Lipinski definition) is 7. The summed E-state index contributed by atoms with van der Waals surface area (Å²) in [5, 5.41) is 3.02. The summed E-state index contributed by atoms with van der Waals surface area (Å²) in [6.45, 7) is 0.525. The van der Waals surface area contributed by atoms with Crippen molar-refractivity contribution in [2.75, 3.05) is 5.32 Å². The fourth-order valence-corrected chi connectivity index (χ4v) is 2.87. The lowest BCUT2D eigenvalue weighted by atomic mass is 10.1. The molecule has 0 atom stereocenters. The van der Waals surface area contributed by atoms with E-state index >= 15 is 0 Å². The molecule has 0 bridgehead atoms. The number of halogens is 3. The lowest BCUT2D eigenvalue weighted by Crippen LogP contribution is -2.10. The van der Waals surface area contributed by atoms with Crippen molar-refractivity contribution in [3.8, 4) is 6.01 Å². The summed E-state index contributed by atoms with van der Waals surface area (Å²) >= 11 is 0. The number of nitrogens with zero attached hydrogens (tertiary/aromatic N) is 4. The van der Waals surface area contributed by atoms with Crippen molar-refractivity contribution in [3.63, 3.8) is 0 Å². The van der Waals surface area contributed by atoms with Gasteiger partial charge in [0.1, 0.15) is 18.2 Å². The number of rotatable bonds is 8. The Morgan fingerprint density at radius 2 is 1.78 bits per heavy atom. The van der Waals surface area contributed by atoms with E-state index in [1.165, 1.54) is 6.07 Å². The van der Waals surface area contributed by atoms with Crippen LogP contribution in [0.2, 0.25) is 0 Å². The van der Waals surface area contributed by atoms with E-state index in [-0.39, 0.29) is 30.8 Å². The number of pyridine rings is 1. The summed E-state index contributed by atoms with van der Waals surface area (Å²) < 4.78 is 50.1. The molecule has 4 aromatic rings. The van der Waals surface area contributed by atoms with Gasteiger partial charge in [0.25, 0.3) is 0 Å². The molecular formula is C22H18F3N5O2. The van der Waals surface area contributed by atoms with Gasteiger partial charge in [-0.2, -0.15) is 28.1 Å². The largest absolute Gasteiger partial charge is 0.467 e. The highest BCUT2D eigenvalue weighted by atomic mass is 19.4. The van der Waals surface area contributed by atoms with Crippen molar-refractivity contribution in [3.05, 3.63) is 95.5 Å². The summed E-state index contributed by atoms with van der Waals surface area (Å²) in [4.78, 5) is 16.8. The van der Waals surface area contributed by atoms with Gasteiger partial charge in [-0.1, -0.05) is 18.2 Å². The monoisotopic (exact) mass is 441 g/mol. The van der Waals surface area contributed by atoms with Crippen LogP contribution >= 0.6 is 0 Å². The Kier molecular flexibility index (Phi) is 6.29. The molecule has 0 unspecified atom stereocenters. The minimum absolute atomic E-state index is 0.0562. The zero-order valence-electron chi connectivity index (χ0n) is 16.7. The van der Waals surface area contributed by atoms with E-state index in [1.807, 2.05) is 0 Å². The molecule has 0 saturated heterocycles. The molecule has 0 aliphatic carbocycles. The zero-order valence-corrected chi connectivity index (χ0v) is 16.7. The summed E-state index contributed by atoms with van der Waals surface area (Å²) in [7, 11) is 0. The molecule has 4 rings (SSSR count). The molecule has 0 aliphatic rings. The summed E-state index contributed by atoms with van der Waals surface area (Å²) in [6, 6.07) is 12.2. The lowest BCUT2D eigenvalue weighted by Gasteiger charge is -2.11. The molecule has 1 N–H and O–H groups in total. The molecule has 0 spiro atoms. The van der Waals surface area contributed by atoms with Crippen LogP contribution in [0.3, 0.4) is 0 Å². The molecular weight excluding hydrogens is 423 g/mol. The topological polar surface area (TPSA) is 86.0 Å². The molecule has 1 aromatic carbocycles. The van der Waals surface area contributed by atoms with Gasteiger partial charge in [-0.3, -0.25) is 4.98 Å². The predicted molar refractivity (Wildman–Crippen MR) is 109 cm³/mol. The van der Waals surface area contributed by atoms with E-state index in [2.05, 4.69) is 25.3 Å². The second kappa shape index (κ2) is 9.46. The van der Waals surface area contributed by atoms with Crippen LogP contribution in [-0.4, -0.2) is 19.9 Å². The van der Waals surface area contributed by atoms with E-state index in [1.54, 1.807) is 49.0 Å². The maximum Gasteiger partial charge on any atom is 0.416 e. The lowest BCUT2D eigenvalue weighted by molar-refractivity contribution is -0.137. The average molecular weight is 441 g/mol. The van der Waals surface area contributed by atoms with Crippen molar-refractivity contribution in [2.24, 2.45) is 0 Å². The Balaban J connectivity index is 1.56. The highest BCUT2D eigenvalue weighted by Crippen LogP contribution is 2.30. The first-order valence-electron chi connectivity index (χ1n) is 9.65. The van der Waals surface area contributed by atoms with Crippen LogP contribution < -0.4 is 10.1 Å². The van der Waals surface area contributed by atoms with Crippen molar-refractivity contribution in [1.82, 2.24) is 19.9 Å². The molecule has 3 aromatic heterocycles. The highest BCUT2D eigenvalue weighted by Gasteiger charge is 2.30. The van der Waals surface area contributed by atoms with Gasteiger partial charge in [0, 0.05) is 18.8 Å². The summed E-state index contributed by atoms with van der Waals surface area (Å²) in [5.41, 5.74) is 0.558. The third-order valence-corrected chi connectivity index (χ3v) is 4.40. The van der Waals surface area contributed by atoms with Crippen LogP contribution in [0.5, 0.6) is 6.01 Å². The van der Waals surface area contributed by atoms with E-state index in [9.17, 15) is 13.2 Å². The van der Waals surface area contributed by atoms with Gasteiger partial charge in [0.15, 0.2) is 0 Å². The SMILES string of the molecule is FC(F)(F)c1cccc(Cc2nc(NCc3ccco3)nc(OCc3ccncc3)n2)c1. The van der Waals surface area contributed by atoms with Crippen LogP contribution in [0, 0.1) is 0 Å². The maximum absolute atomic E-state index is 13.0. The van der Waals surface area contributed by atoms with E-state index < -0.39 is 11.7 Å². The molecule has 0 aliphatic heterocycles. The minimum Gasteiger partial charge on any atom is -0.467 e. The average Bonchev–Trinajstić information content (AvgIpc) is 3.30. The number of anilines is 1. The van der Waals surface area contributed by atoms with Gasteiger partial charge in [-0.25, -0.2) is 0 Å². The smallest absolute Gasteiger partial charge is 0.416 e. The van der Waals surface area contributed by atoms with Crippen molar-refractivity contribution < 1.29 is 22.3 Å². The van der Waals surface area contributed by atoms with Crippen LogP contribution in [0.1, 0.15) is 28.3 Å². The first-order chi connectivity index (χ1) is 15.5. The molecule has 7 nitrogen and oxygen atoms in total. The summed E-state index contributed by atoms with van der Waals surface area (Å²) in [5.74, 6) is 1.16. The molecule has 0 amide bonds. The molecule has 3 heterocycles. The van der Waals surface area contributed by atoms with Crippen LogP contribution in [0.4, 0.5) is 19.1 Å². The number of aromatic nitrogens is 4. The van der Waals surface area contributed by atoms with Gasteiger partial charge < -0.3 is 14.5 Å². The highest BCUT2D eigenvalue weighted by molar-refractivity contribution is 5.31. The van der Waals surface area contributed by atoms with Crippen LogP contribution in [0.25, 0.3) is 0 Å². The van der Waals surface area contributed by atoms with Gasteiger partial charge >= 0.3 is 12.2 Å². The van der Waals surface area contributed by atoms with Crippen LogP contribution in [0.15, 0.2) is 71.6 Å². The molecule has 0 fully saturated rings. The van der Waals surface area contributed by atoms with Gasteiger partial charge in [-0.15, -0.1) is 0 Å². The number of ether oxygens (including phenoxy) is 1. The Morgan fingerprint density at radius 3 is 2.53 bits per heavy atom. The summed E-state index contributed by atoms with van der Waals surface area (Å²) in [6.07, 6.45) is 0.479. The molecule has 164 valence electrons. The minimum atomic E-state index is -4.43. The Morgan fingerprint density at radius 1 is 0.938 bits per heavy atom. The number of alkyl halides is 3. The number of furan rings is 1. The third-order valence-electron chi connectivity index (χ3n) is 4.40. The predicted octanol–water partition coefficient (Wildman–Crippen LogP) is 4.66. The quantitative estimate of drug-likeness (QED) is 0.426. The first-order valence-corrected chi connectivity index (χ1v) is 9.65. The fraction of sp³-hybridized carbons (Fsp3) is 0.182. The van der Waals surface area contributed by atoms with E-state index in [4.69, 9.17) is 9.15 Å². The van der Waals surface area contributed by atoms with Gasteiger partial charge in [-0.05, 0) is 41.5 Å². The van der Waals surface area contributed by atoms with E-state index in [0.29, 0.717) is 17.9 Å². The normalized spacial score (nSPS) is 11.3. The second-order valence-corrected chi connectivity index (χ2v) is 6.81. The Hall–Kier alpha value is -3.95.